The SMILES string of the molecule is C=C(O)c1ccc(Cl)nc1OCc1cccc(C#N)c1.CC. The van der Waals surface area contributed by atoms with Gasteiger partial charge >= 0.3 is 0 Å². The number of halogens is 1. The molecule has 1 heterocycles. The van der Waals surface area contributed by atoms with Crippen LogP contribution >= 0.6 is 11.6 Å². The maximum Gasteiger partial charge on any atom is 0.226 e. The summed E-state index contributed by atoms with van der Waals surface area (Å²) in [5.74, 6) is 0.0577. The van der Waals surface area contributed by atoms with Gasteiger partial charge in [0, 0.05) is 0 Å². The summed E-state index contributed by atoms with van der Waals surface area (Å²) >= 11 is 5.81. The van der Waals surface area contributed by atoms with Gasteiger partial charge in [0.25, 0.3) is 0 Å². The first kappa shape index (κ1) is 17.5. The maximum absolute atomic E-state index is 9.47. The second-order valence-corrected chi connectivity index (χ2v) is 4.42. The first-order valence-electron chi connectivity index (χ1n) is 6.77. The van der Waals surface area contributed by atoms with Crippen LogP contribution in [0.3, 0.4) is 0 Å². The molecule has 0 atom stereocenters. The Balaban J connectivity index is 0.00000116. The minimum Gasteiger partial charge on any atom is -0.508 e. The molecule has 0 bridgehead atoms. The molecule has 0 aliphatic heterocycles. The van der Waals surface area contributed by atoms with Crippen LogP contribution in [0.15, 0.2) is 43.0 Å². The van der Waals surface area contributed by atoms with E-state index in [1.165, 1.54) is 0 Å². The summed E-state index contributed by atoms with van der Waals surface area (Å²) in [5.41, 5.74) is 1.75. The van der Waals surface area contributed by atoms with Crippen molar-refractivity contribution < 1.29 is 9.84 Å². The van der Waals surface area contributed by atoms with E-state index in [0.29, 0.717) is 11.1 Å². The molecule has 0 amide bonds. The Labute approximate surface area is 135 Å². The molecule has 2 aromatic rings. The summed E-state index contributed by atoms with van der Waals surface area (Å²) in [5, 5.41) is 18.6. The van der Waals surface area contributed by atoms with Crippen molar-refractivity contribution >= 4 is 17.4 Å². The molecular formula is C17H17ClN2O2. The van der Waals surface area contributed by atoms with Crippen LogP contribution < -0.4 is 4.74 Å². The van der Waals surface area contributed by atoms with Crippen molar-refractivity contribution in [3.8, 4) is 11.9 Å². The fourth-order valence-electron chi connectivity index (χ4n) is 1.63. The Bertz CT molecular complexity index is 693. The lowest BCUT2D eigenvalue weighted by molar-refractivity contribution is 0.291. The number of pyridine rings is 1. The Hall–Kier alpha value is -2.51. The van der Waals surface area contributed by atoms with Gasteiger partial charge in [-0.15, -0.1) is 0 Å². The van der Waals surface area contributed by atoms with E-state index in [4.69, 9.17) is 21.6 Å². The second-order valence-electron chi connectivity index (χ2n) is 4.03. The van der Waals surface area contributed by atoms with Gasteiger partial charge in [0.05, 0.1) is 17.2 Å². The maximum atomic E-state index is 9.47. The van der Waals surface area contributed by atoms with Crippen LogP contribution in [0.5, 0.6) is 5.88 Å². The van der Waals surface area contributed by atoms with Crippen LogP contribution in [-0.4, -0.2) is 10.1 Å². The van der Waals surface area contributed by atoms with Crippen molar-refractivity contribution in [2.24, 2.45) is 0 Å². The lowest BCUT2D eigenvalue weighted by atomic mass is 10.1. The van der Waals surface area contributed by atoms with Gasteiger partial charge in [-0.05, 0) is 29.8 Å². The molecule has 1 N–H and O–H groups in total. The quantitative estimate of drug-likeness (QED) is 0.653. The highest BCUT2D eigenvalue weighted by Gasteiger charge is 2.09. The van der Waals surface area contributed by atoms with Crippen molar-refractivity contribution in [2.45, 2.75) is 20.5 Å². The van der Waals surface area contributed by atoms with Crippen LogP contribution in [0.2, 0.25) is 5.15 Å². The summed E-state index contributed by atoms with van der Waals surface area (Å²) in [7, 11) is 0. The molecule has 114 valence electrons. The van der Waals surface area contributed by atoms with Gasteiger partial charge in [0.1, 0.15) is 17.5 Å². The van der Waals surface area contributed by atoms with E-state index in [-0.39, 0.29) is 23.4 Å². The van der Waals surface area contributed by atoms with E-state index in [9.17, 15) is 5.11 Å². The highest BCUT2D eigenvalue weighted by Crippen LogP contribution is 2.24. The molecule has 0 aliphatic carbocycles. The fourth-order valence-corrected chi connectivity index (χ4v) is 1.77. The van der Waals surface area contributed by atoms with Crippen LogP contribution in [0.4, 0.5) is 0 Å². The minimum absolute atomic E-state index is 0.144. The van der Waals surface area contributed by atoms with Crippen LogP contribution in [0, 0.1) is 11.3 Å². The van der Waals surface area contributed by atoms with Crippen LogP contribution in [0.1, 0.15) is 30.5 Å². The first-order valence-corrected chi connectivity index (χ1v) is 7.14. The number of benzene rings is 1. The molecule has 5 heteroatoms. The zero-order valence-corrected chi connectivity index (χ0v) is 13.3. The molecular weight excluding hydrogens is 300 g/mol. The predicted molar refractivity (Wildman–Crippen MR) is 87.7 cm³/mol. The van der Waals surface area contributed by atoms with Crippen molar-refractivity contribution in [1.29, 1.82) is 5.26 Å². The van der Waals surface area contributed by atoms with Gasteiger partial charge in [-0.25, -0.2) is 4.98 Å². The van der Waals surface area contributed by atoms with Crippen molar-refractivity contribution in [3.05, 3.63) is 64.8 Å². The zero-order chi connectivity index (χ0) is 16.5. The molecule has 2 rings (SSSR count). The lowest BCUT2D eigenvalue weighted by Crippen LogP contribution is -2.01. The molecule has 4 nitrogen and oxygen atoms in total. The summed E-state index contributed by atoms with van der Waals surface area (Å²) in [6.45, 7) is 7.66. The standard InChI is InChI=1S/C15H11ClN2O2.C2H6/c1-10(19)13-5-6-14(16)18-15(13)20-9-12-4-2-3-11(7-12)8-17;1-2/h2-7,19H,1,9H2;1-2H3. The van der Waals surface area contributed by atoms with E-state index in [2.05, 4.69) is 17.6 Å². The number of ether oxygens (including phenoxy) is 1. The third-order valence-corrected chi connectivity index (χ3v) is 2.78. The fraction of sp³-hybridized carbons (Fsp3) is 0.176. The van der Waals surface area contributed by atoms with Crippen molar-refractivity contribution in [2.75, 3.05) is 0 Å². The van der Waals surface area contributed by atoms with Gasteiger partial charge in [-0.1, -0.05) is 44.2 Å². The molecule has 0 aliphatic rings. The molecule has 0 saturated heterocycles. The van der Waals surface area contributed by atoms with Gasteiger partial charge < -0.3 is 9.84 Å². The molecule has 0 fully saturated rings. The topological polar surface area (TPSA) is 66.1 Å². The second kappa shape index (κ2) is 8.71. The summed E-state index contributed by atoms with van der Waals surface area (Å²) in [6.07, 6.45) is 0. The van der Waals surface area contributed by atoms with E-state index in [0.717, 1.165) is 5.56 Å². The number of hydrogen-bond donors (Lipinski definition) is 1. The number of hydrogen-bond acceptors (Lipinski definition) is 4. The van der Waals surface area contributed by atoms with E-state index in [1.807, 2.05) is 19.9 Å². The van der Waals surface area contributed by atoms with Gasteiger partial charge in [0.15, 0.2) is 0 Å². The van der Waals surface area contributed by atoms with Crippen molar-refractivity contribution in [1.82, 2.24) is 4.98 Å². The third kappa shape index (κ3) is 4.80. The summed E-state index contributed by atoms with van der Waals surface area (Å²) in [4.78, 5) is 4.01. The number of aromatic nitrogens is 1. The number of aliphatic hydroxyl groups excluding tert-OH is 1. The summed E-state index contributed by atoms with van der Waals surface area (Å²) < 4.78 is 5.54. The van der Waals surface area contributed by atoms with Gasteiger partial charge in [0.2, 0.25) is 5.88 Å². The molecule has 1 aromatic carbocycles. The summed E-state index contributed by atoms with van der Waals surface area (Å²) in [6, 6.07) is 12.2. The van der Waals surface area contributed by atoms with Crippen molar-refractivity contribution in [3.63, 3.8) is 0 Å². The Morgan fingerprint density at radius 3 is 2.73 bits per heavy atom. The average molecular weight is 317 g/mol. The van der Waals surface area contributed by atoms with Crippen LogP contribution in [0.25, 0.3) is 5.76 Å². The highest BCUT2D eigenvalue weighted by molar-refractivity contribution is 6.29. The molecule has 0 saturated carbocycles. The smallest absolute Gasteiger partial charge is 0.226 e. The van der Waals surface area contributed by atoms with Crippen LogP contribution in [-0.2, 0) is 6.61 Å². The largest absolute Gasteiger partial charge is 0.508 e. The number of nitrogens with zero attached hydrogens (tertiary/aromatic N) is 2. The predicted octanol–water partition coefficient (Wildman–Crippen LogP) is 4.74. The van der Waals surface area contributed by atoms with Gasteiger partial charge in [-0.2, -0.15) is 5.26 Å². The zero-order valence-electron chi connectivity index (χ0n) is 12.5. The van der Waals surface area contributed by atoms with E-state index >= 15 is 0 Å². The Kier molecular flexibility index (Phi) is 6.94. The number of nitriles is 1. The first-order chi connectivity index (χ1) is 10.6. The Morgan fingerprint density at radius 2 is 2.09 bits per heavy atom. The van der Waals surface area contributed by atoms with Gasteiger partial charge in [-0.3, -0.25) is 0 Å². The lowest BCUT2D eigenvalue weighted by Gasteiger charge is -2.10. The number of aliphatic hydroxyl groups is 1. The molecule has 1 aromatic heterocycles. The van der Waals surface area contributed by atoms with E-state index < -0.39 is 0 Å². The molecule has 0 unspecified atom stereocenters. The molecule has 22 heavy (non-hydrogen) atoms. The normalized spacial score (nSPS) is 9.18. The average Bonchev–Trinajstić information content (AvgIpc) is 2.54. The Morgan fingerprint density at radius 1 is 1.36 bits per heavy atom. The third-order valence-electron chi connectivity index (χ3n) is 2.57. The molecule has 0 spiro atoms. The number of rotatable bonds is 4. The highest BCUT2D eigenvalue weighted by atomic mass is 35.5. The molecule has 0 radical (unpaired) electrons. The minimum atomic E-state index is -0.144. The monoisotopic (exact) mass is 316 g/mol. The van der Waals surface area contributed by atoms with E-state index in [1.54, 1.807) is 30.3 Å².